The van der Waals surface area contributed by atoms with Crippen molar-refractivity contribution in [2.24, 2.45) is 5.41 Å². The molecule has 0 amide bonds. The standard InChI is InChI=1S/C21H27FN2O/c1-21(9-11-23)10-12-24(15-20(21)22)14-16-7-8-18(19(25)13-16)17-5-3-2-4-6-17/h5,7-8,13,20,25H,2-4,6,9-10,12,14-15H2,1H3. The van der Waals surface area contributed by atoms with Crippen molar-refractivity contribution in [1.82, 2.24) is 4.90 Å². The molecule has 25 heavy (non-hydrogen) atoms. The first kappa shape index (κ1) is 17.9. The van der Waals surface area contributed by atoms with Crippen molar-refractivity contribution in [2.75, 3.05) is 13.1 Å². The minimum absolute atomic E-state index is 0.270. The molecule has 3 nitrogen and oxygen atoms in total. The number of phenols is 1. The fourth-order valence-corrected chi connectivity index (χ4v) is 3.92. The number of hydrogen-bond donors (Lipinski definition) is 1. The van der Waals surface area contributed by atoms with Crippen LogP contribution in [0.5, 0.6) is 5.75 Å². The highest BCUT2D eigenvalue weighted by Crippen LogP contribution is 2.37. The van der Waals surface area contributed by atoms with Crippen LogP contribution in [-0.2, 0) is 6.54 Å². The summed E-state index contributed by atoms with van der Waals surface area (Å²) < 4.78 is 14.5. The van der Waals surface area contributed by atoms with Crippen molar-refractivity contribution in [3.63, 3.8) is 0 Å². The van der Waals surface area contributed by atoms with E-state index in [1.807, 2.05) is 25.1 Å². The molecule has 1 heterocycles. The highest BCUT2D eigenvalue weighted by molar-refractivity contribution is 5.71. The molecule has 1 saturated heterocycles. The molecule has 1 aliphatic carbocycles. The maximum atomic E-state index is 14.5. The first-order valence-electron chi connectivity index (χ1n) is 9.26. The lowest BCUT2D eigenvalue weighted by Gasteiger charge is -2.41. The molecular weight excluding hydrogens is 315 g/mol. The number of nitriles is 1. The number of phenolic OH excluding ortho intramolecular Hbond substituents is 1. The lowest BCUT2D eigenvalue weighted by molar-refractivity contribution is 0.0186. The molecule has 1 fully saturated rings. The molecule has 1 N–H and O–H groups in total. The normalized spacial score (nSPS) is 27.6. The van der Waals surface area contributed by atoms with E-state index in [1.165, 1.54) is 18.4 Å². The summed E-state index contributed by atoms with van der Waals surface area (Å²) in [5.41, 5.74) is 2.66. The van der Waals surface area contributed by atoms with Crippen LogP contribution in [0.15, 0.2) is 24.3 Å². The van der Waals surface area contributed by atoms with Gasteiger partial charge in [-0.1, -0.05) is 25.1 Å². The molecule has 1 aromatic carbocycles. The van der Waals surface area contributed by atoms with E-state index in [0.717, 1.165) is 30.5 Å². The molecule has 0 bridgehead atoms. The Balaban J connectivity index is 1.65. The summed E-state index contributed by atoms with van der Waals surface area (Å²) >= 11 is 0. The molecule has 0 spiro atoms. The molecule has 3 rings (SSSR count). The molecule has 0 aromatic heterocycles. The van der Waals surface area contributed by atoms with Crippen molar-refractivity contribution in [1.29, 1.82) is 5.26 Å². The van der Waals surface area contributed by atoms with Gasteiger partial charge in [0, 0.05) is 30.5 Å². The SMILES string of the molecule is CC1(CC#N)CCN(Cc2ccc(C3=CCCCC3)c(O)c2)CC1F. The van der Waals surface area contributed by atoms with E-state index in [9.17, 15) is 9.50 Å². The quantitative estimate of drug-likeness (QED) is 0.854. The number of nitrogens with zero attached hydrogens (tertiary/aromatic N) is 2. The molecule has 1 aliphatic heterocycles. The van der Waals surface area contributed by atoms with E-state index in [2.05, 4.69) is 17.0 Å². The predicted molar refractivity (Wildman–Crippen MR) is 97.7 cm³/mol. The average Bonchev–Trinajstić information content (AvgIpc) is 2.60. The fraction of sp³-hybridized carbons (Fsp3) is 0.571. The Bertz CT molecular complexity index is 694. The molecule has 2 aliphatic rings. The Kier molecular flexibility index (Phi) is 5.44. The van der Waals surface area contributed by atoms with Crippen LogP contribution in [0.4, 0.5) is 4.39 Å². The van der Waals surface area contributed by atoms with Gasteiger partial charge < -0.3 is 5.11 Å². The predicted octanol–water partition coefficient (Wildman–Crippen LogP) is 4.81. The van der Waals surface area contributed by atoms with Gasteiger partial charge in [-0.05, 0) is 55.9 Å². The summed E-state index contributed by atoms with van der Waals surface area (Å²) in [7, 11) is 0. The largest absolute Gasteiger partial charge is 0.507 e. The summed E-state index contributed by atoms with van der Waals surface area (Å²) in [5.74, 6) is 0.328. The monoisotopic (exact) mass is 342 g/mol. The smallest absolute Gasteiger partial charge is 0.123 e. The molecule has 2 atom stereocenters. The molecule has 4 heteroatoms. The fourth-order valence-electron chi connectivity index (χ4n) is 3.92. The van der Waals surface area contributed by atoms with Crippen LogP contribution in [0.2, 0.25) is 0 Å². The minimum atomic E-state index is -0.985. The number of likely N-dealkylation sites (tertiary alicyclic amines) is 1. The van der Waals surface area contributed by atoms with E-state index >= 15 is 0 Å². The summed E-state index contributed by atoms with van der Waals surface area (Å²) in [6.45, 7) is 3.64. The van der Waals surface area contributed by atoms with Gasteiger partial charge in [-0.2, -0.15) is 5.26 Å². The van der Waals surface area contributed by atoms with Crippen LogP contribution < -0.4 is 0 Å². The van der Waals surface area contributed by atoms with Crippen molar-refractivity contribution in [2.45, 2.75) is 58.2 Å². The number of rotatable bonds is 4. The van der Waals surface area contributed by atoms with Gasteiger partial charge in [0.2, 0.25) is 0 Å². The Hall–Kier alpha value is -1.86. The number of halogens is 1. The molecule has 2 unspecified atom stereocenters. The number of piperidine rings is 1. The topological polar surface area (TPSA) is 47.3 Å². The van der Waals surface area contributed by atoms with Crippen molar-refractivity contribution < 1.29 is 9.50 Å². The van der Waals surface area contributed by atoms with Crippen molar-refractivity contribution in [3.05, 3.63) is 35.4 Å². The Morgan fingerprint density at radius 3 is 2.88 bits per heavy atom. The average molecular weight is 342 g/mol. The number of aromatic hydroxyl groups is 1. The first-order chi connectivity index (χ1) is 12.0. The molecule has 0 radical (unpaired) electrons. The van der Waals surface area contributed by atoms with Crippen LogP contribution in [0.25, 0.3) is 5.57 Å². The second-order valence-electron chi connectivity index (χ2n) is 7.77. The third-order valence-corrected chi connectivity index (χ3v) is 5.76. The third kappa shape index (κ3) is 4.04. The van der Waals surface area contributed by atoms with E-state index in [0.29, 0.717) is 25.3 Å². The molecular formula is C21H27FN2O. The van der Waals surface area contributed by atoms with Gasteiger partial charge in [0.1, 0.15) is 11.9 Å². The maximum absolute atomic E-state index is 14.5. The summed E-state index contributed by atoms with van der Waals surface area (Å²) in [6.07, 6.45) is 6.73. The molecule has 134 valence electrons. The maximum Gasteiger partial charge on any atom is 0.123 e. The van der Waals surface area contributed by atoms with Crippen molar-refractivity contribution >= 4 is 5.57 Å². The van der Waals surface area contributed by atoms with Gasteiger partial charge in [-0.25, -0.2) is 4.39 Å². The summed E-state index contributed by atoms with van der Waals surface area (Å²) in [5, 5.41) is 19.3. The van der Waals surface area contributed by atoms with Crippen LogP contribution >= 0.6 is 0 Å². The van der Waals surface area contributed by atoms with Gasteiger partial charge in [-0.3, -0.25) is 4.90 Å². The lowest BCUT2D eigenvalue weighted by atomic mass is 9.76. The van der Waals surface area contributed by atoms with Crippen LogP contribution in [0, 0.1) is 16.7 Å². The van der Waals surface area contributed by atoms with Gasteiger partial charge in [0.05, 0.1) is 6.07 Å². The van der Waals surface area contributed by atoms with Gasteiger partial charge in [0.25, 0.3) is 0 Å². The van der Waals surface area contributed by atoms with Gasteiger partial charge >= 0.3 is 0 Å². The van der Waals surface area contributed by atoms with Gasteiger partial charge in [-0.15, -0.1) is 0 Å². The second-order valence-corrected chi connectivity index (χ2v) is 7.77. The van der Waals surface area contributed by atoms with E-state index < -0.39 is 11.6 Å². The zero-order valence-corrected chi connectivity index (χ0v) is 15.0. The van der Waals surface area contributed by atoms with Crippen LogP contribution in [-0.4, -0.2) is 29.3 Å². The Morgan fingerprint density at radius 1 is 1.40 bits per heavy atom. The molecule has 0 saturated carbocycles. The number of benzene rings is 1. The van der Waals surface area contributed by atoms with E-state index in [4.69, 9.17) is 5.26 Å². The Morgan fingerprint density at radius 2 is 2.24 bits per heavy atom. The van der Waals surface area contributed by atoms with Gasteiger partial charge in [0.15, 0.2) is 0 Å². The zero-order valence-electron chi connectivity index (χ0n) is 15.0. The third-order valence-electron chi connectivity index (χ3n) is 5.76. The highest BCUT2D eigenvalue weighted by Gasteiger charge is 2.39. The first-order valence-corrected chi connectivity index (χ1v) is 9.26. The van der Waals surface area contributed by atoms with Crippen LogP contribution in [0.3, 0.4) is 0 Å². The zero-order chi connectivity index (χ0) is 17.9. The second kappa shape index (κ2) is 7.58. The molecule has 1 aromatic rings. The number of allylic oxidation sites excluding steroid dienone is 2. The summed E-state index contributed by atoms with van der Waals surface area (Å²) in [6, 6.07) is 7.98. The van der Waals surface area contributed by atoms with E-state index in [-0.39, 0.29) is 6.42 Å². The Labute approximate surface area is 149 Å². The van der Waals surface area contributed by atoms with E-state index in [1.54, 1.807) is 0 Å². The summed E-state index contributed by atoms with van der Waals surface area (Å²) in [4.78, 5) is 2.08. The highest BCUT2D eigenvalue weighted by atomic mass is 19.1. The lowest BCUT2D eigenvalue weighted by Crippen LogP contribution is -2.47. The minimum Gasteiger partial charge on any atom is -0.507 e. The number of alkyl halides is 1. The number of hydrogen-bond acceptors (Lipinski definition) is 3. The van der Waals surface area contributed by atoms with Crippen LogP contribution in [0.1, 0.15) is 56.6 Å². The van der Waals surface area contributed by atoms with Crippen molar-refractivity contribution in [3.8, 4) is 11.8 Å².